The molecule has 0 fully saturated rings. The number of rotatable bonds is 8. The quantitative estimate of drug-likeness (QED) is 0.383. The number of aryl methyl sites for hydroxylation is 2. The van der Waals surface area contributed by atoms with Crippen molar-refractivity contribution < 1.29 is 9.21 Å². The molecule has 0 bridgehead atoms. The summed E-state index contributed by atoms with van der Waals surface area (Å²) >= 11 is 0. The molecule has 140 valence electrons. The highest BCUT2D eigenvalue weighted by Crippen LogP contribution is 2.08. The van der Waals surface area contributed by atoms with Crippen molar-refractivity contribution in [1.29, 1.82) is 0 Å². The summed E-state index contributed by atoms with van der Waals surface area (Å²) in [6.07, 6.45) is 0.792. The Hall–Kier alpha value is -2.83. The van der Waals surface area contributed by atoms with Crippen LogP contribution in [0, 0.1) is 13.8 Å². The van der Waals surface area contributed by atoms with Crippen molar-refractivity contribution in [3.63, 3.8) is 0 Å². The molecule has 3 N–H and O–H groups in total. The van der Waals surface area contributed by atoms with Crippen LogP contribution in [0.2, 0.25) is 0 Å². The number of guanidine groups is 1. The van der Waals surface area contributed by atoms with Crippen molar-refractivity contribution in [3.05, 3.63) is 53.2 Å². The van der Waals surface area contributed by atoms with Crippen LogP contribution in [0.25, 0.3) is 0 Å². The van der Waals surface area contributed by atoms with E-state index in [2.05, 4.69) is 25.9 Å². The number of benzene rings is 1. The zero-order valence-electron chi connectivity index (χ0n) is 15.6. The van der Waals surface area contributed by atoms with Gasteiger partial charge in [-0.1, -0.05) is 18.2 Å². The first kappa shape index (κ1) is 19.5. The third kappa shape index (κ3) is 6.23. The SMILES string of the molecule is CCNC(=NCc1nc(C)c(C)o1)NCCCNC(=O)c1ccccc1. The first-order chi connectivity index (χ1) is 12.6. The first-order valence-electron chi connectivity index (χ1n) is 8.88. The molecule has 0 aliphatic carbocycles. The second kappa shape index (κ2) is 10.2. The fraction of sp³-hybridized carbons (Fsp3) is 0.421. The summed E-state index contributed by atoms with van der Waals surface area (Å²) in [6.45, 7) is 8.26. The number of nitrogens with one attached hydrogen (secondary N) is 3. The molecular weight excluding hydrogens is 330 g/mol. The van der Waals surface area contributed by atoms with Gasteiger partial charge in [0.15, 0.2) is 5.96 Å². The van der Waals surface area contributed by atoms with Crippen LogP contribution >= 0.6 is 0 Å². The van der Waals surface area contributed by atoms with Gasteiger partial charge in [0.05, 0.1) is 5.69 Å². The second-order valence-corrected chi connectivity index (χ2v) is 5.85. The van der Waals surface area contributed by atoms with Crippen molar-refractivity contribution in [1.82, 2.24) is 20.9 Å². The summed E-state index contributed by atoms with van der Waals surface area (Å²) in [5.41, 5.74) is 1.56. The Morgan fingerprint density at radius 1 is 1.12 bits per heavy atom. The van der Waals surface area contributed by atoms with E-state index in [0.717, 1.165) is 24.4 Å². The summed E-state index contributed by atoms with van der Waals surface area (Å²) in [7, 11) is 0. The van der Waals surface area contributed by atoms with Crippen LogP contribution in [0.1, 0.15) is 41.0 Å². The summed E-state index contributed by atoms with van der Waals surface area (Å²) in [5.74, 6) is 2.07. The van der Waals surface area contributed by atoms with Crippen molar-refractivity contribution in [2.75, 3.05) is 19.6 Å². The minimum absolute atomic E-state index is 0.0548. The topological polar surface area (TPSA) is 91.6 Å². The zero-order chi connectivity index (χ0) is 18.8. The van der Waals surface area contributed by atoms with Crippen LogP contribution < -0.4 is 16.0 Å². The average Bonchev–Trinajstić information content (AvgIpc) is 2.97. The maximum atomic E-state index is 11.9. The number of nitrogens with zero attached hydrogens (tertiary/aromatic N) is 2. The predicted molar refractivity (Wildman–Crippen MR) is 102 cm³/mol. The van der Waals surface area contributed by atoms with Crippen LogP contribution in [-0.4, -0.2) is 36.5 Å². The Kier molecular flexibility index (Phi) is 7.67. The van der Waals surface area contributed by atoms with E-state index < -0.39 is 0 Å². The van der Waals surface area contributed by atoms with Crippen LogP contribution in [0.5, 0.6) is 0 Å². The van der Waals surface area contributed by atoms with Gasteiger partial charge in [0, 0.05) is 25.2 Å². The lowest BCUT2D eigenvalue weighted by Crippen LogP contribution is -2.38. The van der Waals surface area contributed by atoms with Gasteiger partial charge in [-0.25, -0.2) is 9.98 Å². The van der Waals surface area contributed by atoms with E-state index in [1.165, 1.54) is 0 Å². The second-order valence-electron chi connectivity index (χ2n) is 5.85. The molecule has 0 radical (unpaired) electrons. The van der Waals surface area contributed by atoms with Crippen molar-refractivity contribution >= 4 is 11.9 Å². The number of hydrogen-bond acceptors (Lipinski definition) is 4. The number of carbonyl (C=O) groups is 1. The molecular formula is C19H27N5O2. The normalized spacial score (nSPS) is 11.3. The van der Waals surface area contributed by atoms with E-state index in [-0.39, 0.29) is 5.91 Å². The summed E-state index contributed by atoms with van der Waals surface area (Å²) in [5, 5.41) is 9.33. The predicted octanol–water partition coefficient (Wildman–Crippen LogP) is 2.17. The van der Waals surface area contributed by atoms with E-state index >= 15 is 0 Å². The first-order valence-corrected chi connectivity index (χ1v) is 8.88. The Bertz CT molecular complexity index is 705. The minimum atomic E-state index is -0.0548. The highest BCUT2D eigenvalue weighted by molar-refractivity contribution is 5.94. The molecule has 7 nitrogen and oxygen atoms in total. The number of carbonyl (C=O) groups excluding carboxylic acids is 1. The molecule has 0 spiro atoms. The van der Waals surface area contributed by atoms with Crippen molar-refractivity contribution in [2.24, 2.45) is 4.99 Å². The highest BCUT2D eigenvalue weighted by Gasteiger charge is 2.06. The van der Waals surface area contributed by atoms with E-state index in [4.69, 9.17) is 4.42 Å². The molecule has 7 heteroatoms. The number of hydrogen-bond donors (Lipinski definition) is 3. The largest absolute Gasteiger partial charge is 0.444 e. The highest BCUT2D eigenvalue weighted by atomic mass is 16.4. The Morgan fingerprint density at radius 2 is 1.85 bits per heavy atom. The monoisotopic (exact) mass is 357 g/mol. The van der Waals surface area contributed by atoms with Gasteiger partial charge < -0.3 is 20.4 Å². The standard InChI is InChI=1S/C19H27N5O2/c1-4-20-19(23-13-17-24-14(2)15(3)26-17)22-12-8-11-21-18(25)16-9-6-5-7-10-16/h5-7,9-10H,4,8,11-13H2,1-3H3,(H,21,25)(H2,20,22,23). The lowest BCUT2D eigenvalue weighted by atomic mass is 10.2. The average molecular weight is 357 g/mol. The molecule has 1 heterocycles. The van der Waals surface area contributed by atoms with Crippen LogP contribution in [0.15, 0.2) is 39.7 Å². The van der Waals surface area contributed by atoms with Crippen LogP contribution in [-0.2, 0) is 6.54 Å². The van der Waals surface area contributed by atoms with Gasteiger partial charge in [-0.2, -0.15) is 0 Å². The summed E-state index contributed by atoms with van der Waals surface area (Å²) in [6, 6.07) is 9.20. The summed E-state index contributed by atoms with van der Waals surface area (Å²) < 4.78 is 5.53. The van der Waals surface area contributed by atoms with Gasteiger partial charge in [-0.3, -0.25) is 4.79 Å². The van der Waals surface area contributed by atoms with Gasteiger partial charge in [0.25, 0.3) is 5.91 Å². The smallest absolute Gasteiger partial charge is 0.251 e. The van der Waals surface area contributed by atoms with E-state index in [1.807, 2.05) is 39.0 Å². The number of oxazole rings is 1. The molecule has 0 saturated heterocycles. The fourth-order valence-corrected chi connectivity index (χ4v) is 2.28. The van der Waals surface area contributed by atoms with Gasteiger partial charge in [0.1, 0.15) is 12.3 Å². The molecule has 0 saturated carbocycles. The Labute approximate surface area is 154 Å². The van der Waals surface area contributed by atoms with Gasteiger partial charge >= 0.3 is 0 Å². The molecule has 2 aromatic rings. The maximum Gasteiger partial charge on any atom is 0.251 e. The lowest BCUT2D eigenvalue weighted by Gasteiger charge is -2.11. The van der Waals surface area contributed by atoms with Gasteiger partial charge in [0.2, 0.25) is 5.89 Å². The molecule has 0 unspecified atom stereocenters. The van der Waals surface area contributed by atoms with E-state index in [9.17, 15) is 4.79 Å². The van der Waals surface area contributed by atoms with Crippen LogP contribution in [0.4, 0.5) is 0 Å². The van der Waals surface area contributed by atoms with E-state index in [0.29, 0.717) is 37.0 Å². The van der Waals surface area contributed by atoms with Crippen LogP contribution in [0.3, 0.4) is 0 Å². The molecule has 2 rings (SSSR count). The zero-order valence-corrected chi connectivity index (χ0v) is 15.6. The molecule has 1 amide bonds. The molecule has 0 aliphatic rings. The maximum absolute atomic E-state index is 11.9. The van der Waals surface area contributed by atoms with E-state index in [1.54, 1.807) is 12.1 Å². The molecule has 1 aromatic heterocycles. The minimum Gasteiger partial charge on any atom is -0.444 e. The third-order valence-corrected chi connectivity index (χ3v) is 3.76. The lowest BCUT2D eigenvalue weighted by molar-refractivity contribution is 0.0953. The third-order valence-electron chi connectivity index (χ3n) is 3.76. The number of aromatic nitrogens is 1. The molecule has 0 aliphatic heterocycles. The Morgan fingerprint density at radius 3 is 2.50 bits per heavy atom. The summed E-state index contributed by atoms with van der Waals surface area (Å²) in [4.78, 5) is 20.7. The Balaban J connectivity index is 1.72. The molecule has 1 aromatic carbocycles. The number of aliphatic imine (C=N–C) groups is 1. The molecule has 26 heavy (non-hydrogen) atoms. The number of amides is 1. The van der Waals surface area contributed by atoms with Crippen molar-refractivity contribution in [2.45, 2.75) is 33.7 Å². The van der Waals surface area contributed by atoms with Crippen molar-refractivity contribution in [3.8, 4) is 0 Å². The van der Waals surface area contributed by atoms with Gasteiger partial charge in [-0.05, 0) is 39.3 Å². The molecule has 0 atom stereocenters. The van der Waals surface area contributed by atoms with Gasteiger partial charge in [-0.15, -0.1) is 0 Å². The fourth-order valence-electron chi connectivity index (χ4n) is 2.28.